The second-order valence-electron chi connectivity index (χ2n) is 3.15. The van der Waals surface area contributed by atoms with Gasteiger partial charge in [-0.05, 0) is 6.07 Å². The van der Waals surface area contributed by atoms with E-state index in [4.69, 9.17) is 5.73 Å². The molecule has 0 aliphatic carbocycles. The molecule has 0 aliphatic heterocycles. The van der Waals surface area contributed by atoms with Gasteiger partial charge in [-0.2, -0.15) is 0 Å². The number of anilines is 2. The van der Waals surface area contributed by atoms with Gasteiger partial charge < -0.3 is 15.9 Å². The van der Waals surface area contributed by atoms with Gasteiger partial charge in [0.05, 0.1) is 24.6 Å². The summed E-state index contributed by atoms with van der Waals surface area (Å²) in [5.74, 6) is -0.173. The summed E-state index contributed by atoms with van der Waals surface area (Å²) in [7, 11) is 4.92. The minimum Gasteiger partial charge on any atom is -0.465 e. The molecular weight excluding hydrogens is 196 g/mol. The molecule has 0 atom stereocenters. The molecule has 0 spiro atoms. The summed E-state index contributed by atoms with van der Waals surface area (Å²) < 4.78 is 4.63. The number of nitrogen functional groups attached to an aromatic ring is 1. The maximum atomic E-state index is 11.4. The molecule has 0 saturated heterocycles. The fraction of sp³-hybridized carbons (Fsp3) is 0.333. The average molecular weight is 210 g/mol. The van der Waals surface area contributed by atoms with Gasteiger partial charge in [-0.25, -0.2) is 14.8 Å². The number of hydrogen-bond acceptors (Lipinski definition) is 6. The van der Waals surface area contributed by atoms with Gasteiger partial charge in [-0.3, -0.25) is 0 Å². The number of nitrogens with two attached hydrogens (primary N) is 1. The zero-order valence-corrected chi connectivity index (χ0v) is 8.94. The van der Waals surface area contributed by atoms with Gasteiger partial charge in [-0.15, -0.1) is 0 Å². The fourth-order valence-corrected chi connectivity index (χ4v) is 1.08. The van der Waals surface area contributed by atoms with Crippen LogP contribution in [0.1, 0.15) is 10.4 Å². The van der Waals surface area contributed by atoms with Gasteiger partial charge in [0.1, 0.15) is 5.82 Å². The number of pyridine rings is 1. The molecule has 0 saturated carbocycles. The number of hydrogen-bond donors (Lipinski definition) is 2. The lowest BCUT2D eigenvalue weighted by Gasteiger charge is -2.15. The molecule has 0 fully saturated rings. The molecule has 1 rings (SSSR count). The van der Waals surface area contributed by atoms with E-state index in [0.717, 1.165) is 0 Å². The standard InChI is InChI=1S/C9H14N4O2/c1-13(2)12-7-5-11-8(10)4-6(7)9(14)15-3/h4-5,12H,1-3H3,(H2,10,11). The van der Waals surface area contributed by atoms with Crippen LogP contribution in [0.25, 0.3) is 0 Å². The van der Waals surface area contributed by atoms with Crippen LogP contribution in [0.4, 0.5) is 11.5 Å². The number of aromatic nitrogens is 1. The third-order valence-electron chi connectivity index (χ3n) is 1.67. The van der Waals surface area contributed by atoms with Crippen LogP contribution in [-0.2, 0) is 4.74 Å². The van der Waals surface area contributed by atoms with Crippen LogP contribution in [0, 0.1) is 0 Å². The average Bonchev–Trinajstić information content (AvgIpc) is 2.19. The molecule has 0 amide bonds. The van der Waals surface area contributed by atoms with Crippen LogP contribution in [0.15, 0.2) is 12.3 Å². The van der Waals surface area contributed by atoms with Gasteiger partial charge in [0.15, 0.2) is 0 Å². The lowest BCUT2D eigenvalue weighted by Crippen LogP contribution is -2.22. The first-order valence-corrected chi connectivity index (χ1v) is 4.32. The molecule has 15 heavy (non-hydrogen) atoms. The Morgan fingerprint density at radius 3 is 2.80 bits per heavy atom. The lowest BCUT2D eigenvalue weighted by atomic mass is 10.2. The van der Waals surface area contributed by atoms with Crippen molar-refractivity contribution in [2.45, 2.75) is 0 Å². The van der Waals surface area contributed by atoms with Crippen molar-refractivity contribution in [1.29, 1.82) is 0 Å². The van der Waals surface area contributed by atoms with E-state index in [1.807, 2.05) is 0 Å². The molecule has 0 aliphatic rings. The normalized spacial score (nSPS) is 10.1. The molecular formula is C9H14N4O2. The first-order chi connectivity index (χ1) is 7.04. The summed E-state index contributed by atoms with van der Waals surface area (Å²) in [5, 5.41) is 1.69. The minimum absolute atomic E-state index is 0.278. The summed E-state index contributed by atoms with van der Waals surface area (Å²) in [6.07, 6.45) is 1.49. The molecule has 6 nitrogen and oxygen atoms in total. The van der Waals surface area contributed by atoms with Crippen LogP contribution in [0.3, 0.4) is 0 Å². The van der Waals surface area contributed by atoms with E-state index < -0.39 is 5.97 Å². The fourth-order valence-electron chi connectivity index (χ4n) is 1.08. The number of methoxy groups -OCH3 is 1. The molecule has 1 aromatic heterocycles. The number of nitrogens with one attached hydrogen (secondary N) is 1. The number of ether oxygens (including phenoxy) is 1. The van der Waals surface area contributed by atoms with Gasteiger partial charge in [-0.1, -0.05) is 0 Å². The van der Waals surface area contributed by atoms with Crippen LogP contribution < -0.4 is 11.2 Å². The molecule has 6 heteroatoms. The smallest absolute Gasteiger partial charge is 0.340 e. The van der Waals surface area contributed by atoms with Crippen LogP contribution in [0.5, 0.6) is 0 Å². The topological polar surface area (TPSA) is 80.5 Å². The van der Waals surface area contributed by atoms with E-state index in [9.17, 15) is 4.79 Å². The monoisotopic (exact) mass is 210 g/mol. The molecule has 0 radical (unpaired) electrons. The van der Waals surface area contributed by atoms with Crippen LogP contribution >= 0.6 is 0 Å². The highest BCUT2D eigenvalue weighted by molar-refractivity contribution is 5.96. The Hall–Kier alpha value is -1.82. The molecule has 1 heterocycles. The predicted molar refractivity (Wildman–Crippen MR) is 57.3 cm³/mol. The van der Waals surface area contributed by atoms with Crippen LogP contribution in [-0.4, -0.2) is 37.2 Å². The molecule has 3 N–H and O–H groups in total. The third kappa shape index (κ3) is 2.81. The van der Waals surface area contributed by atoms with Gasteiger partial charge in [0.25, 0.3) is 0 Å². The highest BCUT2D eigenvalue weighted by atomic mass is 16.5. The van der Waals surface area contributed by atoms with Crippen molar-refractivity contribution in [1.82, 2.24) is 9.99 Å². The molecule has 0 aromatic carbocycles. The van der Waals surface area contributed by atoms with E-state index in [0.29, 0.717) is 11.3 Å². The number of rotatable bonds is 3. The summed E-state index contributed by atoms with van der Waals surface area (Å²) in [5.41, 5.74) is 9.34. The molecule has 0 bridgehead atoms. The number of esters is 1. The number of hydrazine groups is 1. The van der Waals surface area contributed by atoms with Crippen molar-refractivity contribution in [3.8, 4) is 0 Å². The Labute approximate surface area is 88.0 Å². The number of carbonyl (C=O) groups excluding carboxylic acids is 1. The van der Waals surface area contributed by atoms with Crippen molar-refractivity contribution in [3.63, 3.8) is 0 Å². The third-order valence-corrected chi connectivity index (χ3v) is 1.67. The molecule has 0 unspecified atom stereocenters. The Morgan fingerprint density at radius 1 is 1.60 bits per heavy atom. The summed E-state index contributed by atoms with van der Waals surface area (Å²) in [4.78, 5) is 15.3. The highest BCUT2D eigenvalue weighted by Crippen LogP contribution is 2.17. The maximum Gasteiger partial charge on any atom is 0.340 e. The Balaban J connectivity index is 3.08. The number of carbonyl (C=O) groups is 1. The summed E-state index contributed by atoms with van der Waals surface area (Å²) >= 11 is 0. The van der Waals surface area contributed by atoms with Crippen molar-refractivity contribution in [3.05, 3.63) is 17.8 Å². The first kappa shape index (κ1) is 11.3. The largest absolute Gasteiger partial charge is 0.465 e. The SMILES string of the molecule is COC(=O)c1cc(N)ncc1NN(C)C. The minimum atomic E-state index is -0.451. The maximum absolute atomic E-state index is 11.4. The first-order valence-electron chi connectivity index (χ1n) is 4.32. The quantitative estimate of drug-likeness (QED) is 0.553. The van der Waals surface area contributed by atoms with Crippen molar-refractivity contribution < 1.29 is 9.53 Å². The van der Waals surface area contributed by atoms with Gasteiger partial charge in [0.2, 0.25) is 0 Å². The lowest BCUT2D eigenvalue weighted by molar-refractivity contribution is 0.0601. The summed E-state index contributed by atoms with van der Waals surface area (Å²) in [6, 6.07) is 1.47. The van der Waals surface area contributed by atoms with E-state index in [1.165, 1.54) is 19.4 Å². The van der Waals surface area contributed by atoms with E-state index in [-0.39, 0.29) is 5.82 Å². The van der Waals surface area contributed by atoms with Crippen LogP contribution in [0.2, 0.25) is 0 Å². The predicted octanol–water partition coefficient (Wildman–Crippen LogP) is 0.339. The van der Waals surface area contributed by atoms with Gasteiger partial charge >= 0.3 is 5.97 Å². The van der Waals surface area contributed by atoms with E-state index in [1.54, 1.807) is 19.1 Å². The number of nitrogens with zero attached hydrogens (tertiary/aromatic N) is 2. The second kappa shape index (κ2) is 4.61. The van der Waals surface area contributed by atoms with E-state index >= 15 is 0 Å². The summed E-state index contributed by atoms with van der Waals surface area (Å²) in [6.45, 7) is 0. The van der Waals surface area contributed by atoms with Crippen molar-refractivity contribution in [2.24, 2.45) is 0 Å². The van der Waals surface area contributed by atoms with E-state index in [2.05, 4.69) is 15.1 Å². The Bertz CT molecular complexity index is 365. The van der Waals surface area contributed by atoms with Gasteiger partial charge in [0, 0.05) is 14.1 Å². The Kier molecular flexibility index (Phi) is 3.46. The zero-order chi connectivity index (χ0) is 11.4. The van der Waals surface area contributed by atoms with Crippen molar-refractivity contribution in [2.75, 3.05) is 32.4 Å². The zero-order valence-electron chi connectivity index (χ0n) is 8.94. The van der Waals surface area contributed by atoms with Crippen molar-refractivity contribution >= 4 is 17.5 Å². The second-order valence-corrected chi connectivity index (χ2v) is 3.15. The highest BCUT2D eigenvalue weighted by Gasteiger charge is 2.13. The molecule has 1 aromatic rings. The Morgan fingerprint density at radius 2 is 2.27 bits per heavy atom. The molecule has 82 valence electrons.